The fraction of sp³-hybridized carbons (Fsp3) is 0.500. The number of benzene rings is 1. The molecule has 1 aliphatic carbocycles. The predicted octanol–water partition coefficient (Wildman–Crippen LogP) is 2.96. The minimum absolute atomic E-state index is 0.0860. The van der Waals surface area contributed by atoms with Gasteiger partial charge in [0.05, 0.1) is 17.6 Å². The second kappa shape index (κ2) is 5.03. The summed E-state index contributed by atoms with van der Waals surface area (Å²) < 4.78 is 5.26. The lowest BCUT2D eigenvalue weighted by Gasteiger charge is -2.27. The highest BCUT2D eigenvalue weighted by Gasteiger charge is 2.22. The Morgan fingerprint density at radius 3 is 2.82 bits per heavy atom. The first-order chi connectivity index (χ1) is 8.20. The van der Waals surface area contributed by atoms with Crippen molar-refractivity contribution in [2.75, 3.05) is 11.9 Å². The maximum atomic E-state index is 11.0. The van der Waals surface area contributed by atoms with Crippen molar-refractivity contribution in [2.45, 2.75) is 32.2 Å². The SMILES string of the molecule is CCOc1ccc(NC2CCC2)c([N+](=O)[O-])c1. The average molecular weight is 236 g/mol. The number of nitrogens with one attached hydrogen (secondary N) is 1. The zero-order chi connectivity index (χ0) is 12.3. The largest absolute Gasteiger partial charge is 0.494 e. The number of nitro benzene ring substituents is 1. The summed E-state index contributed by atoms with van der Waals surface area (Å²) in [5.74, 6) is 0.540. The molecule has 0 aromatic heterocycles. The molecule has 1 fully saturated rings. The van der Waals surface area contributed by atoms with E-state index in [0.29, 0.717) is 24.1 Å². The molecule has 0 radical (unpaired) electrons. The molecule has 0 saturated heterocycles. The van der Waals surface area contributed by atoms with Crippen molar-refractivity contribution in [1.82, 2.24) is 0 Å². The van der Waals surface area contributed by atoms with Gasteiger partial charge in [-0.1, -0.05) is 0 Å². The Morgan fingerprint density at radius 1 is 1.53 bits per heavy atom. The summed E-state index contributed by atoms with van der Waals surface area (Å²) >= 11 is 0. The normalized spacial score (nSPS) is 15.1. The molecule has 92 valence electrons. The topological polar surface area (TPSA) is 64.4 Å². The zero-order valence-electron chi connectivity index (χ0n) is 9.81. The van der Waals surface area contributed by atoms with Gasteiger partial charge in [0.25, 0.3) is 5.69 Å². The van der Waals surface area contributed by atoms with E-state index in [4.69, 9.17) is 4.74 Å². The molecule has 2 rings (SSSR count). The number of nitro groups is 1. The molecule has 0 bridgehead atoms. The van der Waals surface area contributed by atoms with Gasteiger partial charge in [0.1, 0.15) is 11.4 Å². The van der Waals surface area contributed by atoms with Crippen LogP contribution in [0.15, 0.2) is 18.2 Å². The molecular formula is C12H16N2O3. The first-order valence-corrected chi connectivity index (χ1v) is 5.88. The Labute approximate surface area is 99.9 Å². The Bertz CT molecular complexity index is 416. The van der Waals surface area contributed by atoms with Crippen LogP contribution in [0.5, 0.6) is 5.75 Å². The van der Waals surface area contributed by atoms with E-state index in [-0.39, 0.29) is 10.6 Å². The lowest BCUT2D eigenvalue weighted by atomic mass is 9.93. The van der Waals surface area contributed by atoms with Crippen LogP contribution >= 0.6 is 0 Å². The van der Waals surface area contributed by atoms with Crippen LogP contribution in [0.25, 0.3) is 0 Å². The third-order valence-corrected chi connectivity index (χ3v) is 2.94. The van der Waals surface area contributed by atoms with E-state index in [9.17, 15) is 10.1 Å². The smallest absolute Gasteiger partial charge is 0.296 e. The van der Waals surface area contributed by atoms with Crippen molar-refractivity contribution < 1.29 is 9.66 Å². The molecule has 1 N–H and O–H groups in total. The number of ether oxygens (including phenoxy) is 1. The van der Waals surface area contributed by atoms with E-state index in [0.717, 1.165) is 12.8 Å². The molecule has 0 atom stereocenters. The lowest BCUT2D eigenvalue weighted by molar-refractivity contribution is -0.384. The Kier molecular flexibility index (Phi) is 3.46. The summed E-state index contributed by atoms with van der Waals surface area (Å²) in [6.07, 6.45) is 3.37. The number of hydrogen-bond donors (Lipinski definition) is 1. The Morgan fingerprint density at radius 2 is 2.29 bits per heavy atom. The fourth-order valence-corrected chi connectivity index (χ4v) is 1.81. The summed E-state index contributed by atoms with van der Waals surface area (Å²) in [5, 5.41) is 14.2. The molecule has 1 aromatic rings. The molecule has 0 aliphatic heterocycles. The minimum atomic E-state index is -0.372. The molecule has 0 amide bonds. The van der Waals surface area contributed by atoms with Gasteiger partial charge in [-0.15, -0.1) is 0 Å². The molecule has 17 heavy (non-hydrogen) atoms. The first kappa shape index (κ1) is 11.7. The van der Waals surface area contributed by atoms with Gasteiger partial charge in [-0.3, -0.25) is 10.1 Å². The van der Waals surface area contributed by atoms with Gasteiger partial charge in [0.15, 0.2) is 0 Å². The molecule has 0 spiro atoms. The average Bonchev–Trinajstić information content (AvgIpc) is 2.25. The third kappa shape index (κ3) is 2.67. The van der Waals surface area contributed by atoms with Crippen molar-refractivity contribution in [1.29, 1.82) is 0 Å². The summed E-state index contributed by atoms with van der Waals surface area (Å²) in [5.41, 5.74) is 0.672. The summed E-state index contributed by atoms with van der Waals surface area (Å²) in [6.45, 7) is 2.36. The molecular weight excluding hydrogens is 220 g/mol. The van der Waals surface area contributed by atoms with Crippen molar-refractivity contribution in [3.05, 3.63) is 28.3 Å². The Balaban J connectivity index is 2.20. The maximum Gasteiger partial charge on any atom is 0.296 e. The molecule has 1 saturated carbocycles. The maximum absolute atomic E-state index is 11.0. The van der Waals surface area contributed by atoms with Gasteiger partial charge in [0, 0.05) is 6.04 Å². The van der Waals surface area contributed by atoms with Crippen LogP contribution in [0.1, 0.15) is 26.2 Å². The van der Waals surface area contributed by atoms with Crippen LogP contribution in [-0.2, 0) is 0 Å². The first-order valence-electron chi connectivity index (χ1n) is 5.88. The second-order valence-corrected chi connectivity index (χ2v) is 4.14. The molecule has 5 nitrogen and oxygen atoms in total. The van der Waals surface area contributed by atoms with Crippen molar-refractivity contribution >= 4 is 11.4 Å². The van der Waals surface area contributed by atoms with Crippen LogP contribution in [0.4, 0.5) is 11.4 Å². The predicted molar refractivity (Wildman–Crippen MR) is 65.5 cm³/mol. The molecule has 0 unspecified atom stereocenters. The van der Waals surface area contributed by atoms with Crippen LogP contribution in [0.2, 0.25) is 0 Å². The van der Waals surface area contributed by atoms with Crippen molar-refractivity contribution in [3.8, 4) is 5.75 Å². The van der Waals surface area contributed by atoms with Crippen LogP contribution < -0.4 is 10.1 Å². The second-order valence-electron chi connectivity index (χ2n) is 4.14. The van der Waals surface area contributed by atoms with E-state index in [1.165, 1.54) is 12.5 Å². The highest BCUT2D eigenvalue weighted by atomic mass is 16.6. The third-order valence-electron chi connectivity index (χ3n) is 2.94. The van der Waals surface area contributed by atoms with Gasteiger partial charge in [0.2, 0.25) is 0 Å². The van der Waals surface area contributed by atoms with Crippen LogP contribution in [0, 0.1) is 10.1 Å². The van der Waals surface area contributed by atoms with E-state index in [2.05, 4.69) is 5.32 Å². The van der Waals surface area contributed by atoms with Gasteiger partial charge < -0.3 is 10.1 Å². The van der Waals surface area contributed by atoms with Gasteiger partial charge >= 0.3 is 0 Å². The summed E-state index contributed by atoms with van der Waals surface area (Å²) in [6, 6.07) is 5.34. The van der Waals surface area contributed by atoms with E-state index in [1.807, 2.05) is 6.92 Å². The van der Waals surface area contributed by atoms with Crippen LogP contribution in [-0.4, -0.2) is 17.6 Å². The molecule has 5 heteroatoms. The monoisotopic (exact) mass is 236 g/mol. The number of nitrogens with zero attached hydrogens (tertiary/aromatic N) is 1. The summed E-state index contributed by atoms with van der Waals surface area (Å²) in [4.78, 5) is 10.6. The molecule has 1 aliphatic rings. The number of anilines is 1. The molecule has 0 heterocycles. The molecule has 1 aromatic carbocycles. The zero-order valence-corrected chi connectivity index (χ0v) is 9.81. The quantitative estimate of drug-likeness (QED) is 0.630. The van der Waals surface area contributed by atoms with Gasteiger partial charge in [-0.25, -0.2) is 0 Å². The number of rotatable bonds is 5. The minimum Gasteiger partial charge on any atom is -0.494 e. The summed E-state index contributed by atoms with van der Waals surface area (Å²) in [7, 11) is 0. The van der Waals surface area contributed by atoms with Gasteiger partial charge in [-0.05, 0) is 38.3 Å². The van der Waals surface area contributed by atoms with Crippen molar-refractivity contribution in [3.63, 3.8) is 0 Å². The van der Waals surface area contributed by atoms with Crippen molar-refractivity contribution in [2.24, 2.45) is 0 Å². The van der Waals surface area contributed by atoms with E-state index in [1.54, 1.807) is 12.1 Å². The lowest BCUT2D eigenvalue weighted by Crippen LogP contribution is -2.27. The van der Waals surface area contributed by atoms with E-state index < -0.39 is 0 Å². The Hall–Kier alpha value is -1.78. The van der Waals surface area contributed by atoms with E-state index >= 15 is 0 Å². The fourth-order valence-electron chi connectivity index (χ4n) is 1.81. The highest BCUT2D eigenvalue weighted by molar-refractivity contribution is 5.64. The number of hydrogen-bond acceptors (Lipinski definition) is 4. The standard InChI is InChI=1S/C12H16N2O3/c1-2-17-10-6-7-11(12(8-10)14(15)16)13-9-4-3-5-9/h6-9,13H,2-5H2,1H3. The van der Waals surface area contributed by atoms with Crippen LogP contribution in [0.3, 0.4) is 0 Å². The van der Waals surface area contributed by atoms with Gasteiger partial charge in [-0.2, -0.15) is 0 Å². The highest BCUT2D eigenvalue weighted by Crippen LogP contribution is 2.32.